The highest BCUT2D eigenvalue weighted by atomic mass is 32.2. The molecule has 0 heterocycles. The largest absolute Gasteiger partial charge is 0.343 e. The number of thioether (sulfide) groups is 1. The summed E-state index contributed by atoms with van der Waals surface area (Å²) in [6.45, 7) is 8.01. The molecule has 0 aliphatic heterocycles. The molecule has 1 amide bonds. The predicted molar refractivity (Wildman–Crippen MR) is 64.7 cm³/mol. The standard InChI is InChI=1S/C11H23NOS/c1-9(7-8-14-6)12(5)10(13)11(2,3)4/h9H,7-8H2,1-6H3. The number of hydrogen-bond acceptors (Lipinski definition) is 2. The monoisotopic (exact) mass is 217 g/mol. The Kier molecular flexibility index (Phi) is 5.57. The molecule has 0 N–H and O–H groups in total. The molecule has 0 aromatic rings. The Morgan fingerprint density at radius 1 is 1.43 bits per heavy atom. The van der Waals surface area contributed by atoms with Crippen molar-refractivity contribution >= 4 is 17.7 Å². The van der Waals surface area contributed by atoms with E-state index in [1.165, 1.54) is 0 Å². The van der Waals surface area contributed by atoms with Crippen molar-refractivity contribution in [3.8, 4) is 0 Å². The summed E-state index contributed by atoms with van der Waals surface area (Å²) in [5, 5.41) is 0. The number of carbonyl (C=O) groups is 1. The number of rotatable bonds is 4. The zero-order chi connectivity index (χ0) is 11.4. The van der Waals surface area contributed by atoms with Crippen molar-refractivity contribution in [3.05, 3.63) is 0 Å². The van der Waals surface area contributed by atoms with Gasteiger partial charge in [-0.3, -0.25) is 4.79 Å². The van der Waals surface area contributed by atoms with Crippen LogP contribution in [-0.2, 0) is 4.79 Å². The fraction of sp³-hybridized carbons (Fsp3) is 0.909. The fourth-order valence-corrected chi connectivity index (χ4v) is 1.79. The van der Waals surface area contributed by atoms with Crippen molar-refractivity contribution in [2.24, 2.45) is 5.41 Å². The Labute approximate surface area is 92.4 Å². The van der Waals surface area contributed by atoms with Gasteiger partial charge in [0.15, 0.2) is 0 Å². The van der Waals surface area contributed by atoms with Crippen LogP contribution in [0.3, 0.4) is 0 Å². The number of nitrogens with zero attached hydrogens (tertiary/aromatic N) is 1. The lowest BCUT2D eigenvalue weighted by Gasteiger charge is -2.31. The molecular weight excluding hydrogens is 194 g/mol. The highest BCUT2D eigenvalue weighted by Gasteiger charge is 2.27. The third-order valence-electron chi connectivity index (χ3n) is 2.36. The van der Waals surface area contributed by atoms with Crippen LogP contribution in [0.15, 0.2) is 0 Å². The van der Waals surface area contributed by atoms with Gasteiger partial charge in [0.05, 0.1) is 0 Å². The van der Waals surface area contributed by atoms with Crippen molar-refractivity contribution in [2.75, 3.05) is 19.1 Å². The molecule has 0 aromatic heterocycles. The van der Waals surface area contributed by atoms with Crippen LogP contribution in [0.2, 0.25) is 0 Å². The molecule has 14 heavy (non-hydrogen) atoms. The molecule has 0 spiro atoms. The van der Waals surface area contributed by atoms with Crippen LogP contribution in [0.5, 0.6) is 0 Å². The minimum absolute atomic E-state index is 0.228. The van der Waals surface area contributed by atoms with Crippen LogP contribution in [0, 0.1) is 5.41 Å². The molecule has 0 bridgehead atoms. The second kappa shape index (κ2) is 5.64. The number of amides is 1. The average molecular weight is 217 g/mol. The van der Waals surface area contributed by atoms with Crippen LogP contribution in [0.1, 0.15) is 34.1 Å². The Hall–Kier alpha value is -0.180. The predicted octanol–water partition coefficient (Wildman–Crippen LogP) is 2.63. The van der Waals surface area contributed by atoms with E-state index >= 15 is 0 Å². The summed E-state index contributed by atoms with van der Waals surface area (Å²) in [6.07, 6.45) is 3.16. The zero-order valence-corrected chi connectivity index (χ0v) is 11.1. The molecule has 2 nitrogen and oxygen atoms in total. The van der Waals surface area contributed by atoms with Gasteiger partial charge >= 0.3 is 0 Å². The van der Waals surface area contributed by atoms with Gasteiger partial charge in [0, 0.05) is 18.5 Å². The summed E-state index contributed by atoms with van der Waals surface area (Å²) < 4.78 is 0. The van der Waals surface area contributed by atoms with Gasteiger partial charge in [0.1, 0.15) is 0 Å². The minimum Gasteiger partial charge on any atom is -0.343 e. The maximum absolute atomic E-state index is 11.9. The summed E-state index contributed by atoms with van der Waals surface area (Å²) in [7, 11) is 1.90. The first-order valence-corrected chi connectivity index (χ1v) is 6.46. The van der Waals surface area contributed by atoms with E-state index in [2.05, 4.69) is 13.2 Å². The van der Waals surface area contributed by atoms with Gasteiger partial charge in [-0.05, 0) is 25.4 Å². The molecule has 84 valence electrons. The second-order valence-corrected chi connectivity index (χ2v) is 5.78. The Bertz CT molecular complexity index is 186. The third-order valence-corrected chi connectivity index (χ3v) is 3.01. The van der Waals surface area contributed by atoms with E-state index in [0.29, 0.717) is 6.04 Å². The van der Waals surface area contributed by atoms with E-state index in [9.17, 15) is 4.79 Å². The minimum atomic E-state index is -0.262. The molecule has 0 saturated heterocycles. The van der Waals surface area contributed by atoms with Crippen molar-refractivity contribution in [1.29, 1.82) is 0 Å². The van der Waals surface area contributed by atoms with Crippen molar-refractivity contribution in [2.45, 2.75) is 40.2 Å². The van der Waals surface area contributed by atoms with Crippen LogP contribution < -0.4 is 0 Å². The lowest BCUT2D eigenvalue weighted by molar-refractivity contribution is -0.139. The molecule has 0 aliphatic rings. The molecule has 1 atom stereocenters. The summed E-state index contributed by atoms with van der Waals surface area (Å²) in [5.41, 5.74) is -0.262. The smallest absolute Gasteiger partial charge is 0.227 e. The quantitative estimate of drug-likeness (QED) is 0.721. The molecular formula is C11H23NOS. The molecule has 3 heteroatoms. The first-order chi connectivity index (χ1) is 6.30. The summed E-state index contributed by atoms with van der Waals surface area (Å²) in [5.74, 6) is 1.34. The van der Waals surface area contributed by atoms with Crippen LogP contribution in [0.25, 0.3) is 0 Å². The van der Waals surface area contributed by atoms with Gasteiger partial charge in [0.25, 0.3) is 0 Å². The van der Waals surface area contributed by atoms with Gasteiger partial charge in [-0.1, -0.05) is 20.8 Å². The van der Waals surface area contributed by atoms with Crippen LogP contribution in [-0.4, -0.2) is 35.9 Å². The van der Waals surface area contributed by atoms with Gasteiger partial charge in [0.2, 0.25) is 5.91 Å². The van der Waals surface area contributed by atoms with Crippen LogP contribution >= 0.6 is 11.8 Å². The highest BCUT2D eigenvalue weighted by Crippen LogP contribution is 2.19. The molecule has 0 aliphatic carbocycles. The summed E-state index contributed by atoms with van der Waals surface area (Å²) in [6, 6.07) is 0.342. The molecule has 0 aromatic carbocycles. The average Bonchev–Trinajstić information content (AvgIpc) is 2.10. The van der Waals surface area contributed by atoms with Gasteiger partial charge in [-0.15, -0.1) is 0 Å². The first kappa shape index (κ1) is 13.8. The van der Waals surface area contributed by atoms with E-state index in [4.69, 9.17) is 0 Å². The lowest BCUT2D eigenvalue weighted by atomic mass is 9.94. The third kappa shape index (κ3) is 4.36. The lowest BCUT2D eigenvalue weighted by Crippen LogP contribution is -2.42. The van der Waals surface area contributed by atoms with Crippen molar-refractivity contribution in [1.82, 2.24) is 4.90 Å². The maximum atomic E-state index is 11.9. The first-order valence-electron chi connectivity index (χ1n) is 5.07. The Morgan fingerprint density at radius 2 is 1.93 bits per heavy atom. The van der Waals surface area contributed by atoms with E-state index in [1.807, 2.05) is 44.5 Å². The number of hydrogen-bond donors (Lipinski definition) is 0. The van der Waals surface area contributed by atoms with Gasteiger partial charge in [-0.25, -0.2) is 0 Å². The van der Waals surface area contributed by atoms with Gasteiger partial charge in [-0.2, -0.15) is 11.8 Å². The second-order valence-electron chi connectivity index (χ2n) is 4.80. The zero-order valence-electron chi connectivity index (χ0n) is 10.3. The van der Waals surface area contributed by atoms with E-state index in [1.54, 1.807) is 0 Å². The molecule has 0 fully saturated rings. The van der Waals surface area contributed by atoms with Crippen molar-refractivity contribution in [3.63, 3.8) is 0 Å². The SMILES string of the molecule is CSCCC(C)N(C)C(=O)C(C)(C)C. The van der Waals surface area contributed by atoms with Gasteiger partial charge < -0.3 is 4.90 Å². The van der Waals surface area contributed by atoms with Crippen LogP contribution in [0.4, 0.5) is 0 Å². The summed E-state index contributed by atoms with van der Waals surface area (Å²) >= 11 is 1.83. The maximum Gasteiger partial charge on any atom is 0.227 e. The summed E-state index contributed by atoms with van der Waals surface area (Å²) in [4.78, 5) is 13.8. The highest BCUT2D eigenvalue weighted by molar-refractivity contribution is 7.98. The fourth-order valence-electron chi connectivity index (χ4n) is 1.21. The normalized spacial score (nSPS) is 13.9. The molecule has 0 rings (SSSR count). The molecule has 0 radical (unpaired) electrons. The number of carbonyl (C=O) groups excluding carboxylic acids is 1. The van der Waals surface area contributed by atoms with E-state index in [0.717, 1.165) is 12.2 Å². The Morgan fingerprint density at radius 3 is 2.29 bits per heavy atom. The van der Waals surface area contributed by atoms with E-state index in [-0.39, 0.29) is 11.3 Å². The van der Waals surface area contributed by atoms with Crippen molar-refractivity contribution < 1.29 is 4.79 Å². The molecule has 0 saturated carbocycles. The van der Waals surface area contributed by atoms with E-state index < -0.39 is 0 Å². The molecule has 1 unspecified atom stereocenters. The topological polar surface area (TPSA) is 20.3 Å². The Balaban J connectivity index is 4.18.